The lowest BCUT2D eigenvalue weighted by atomic mass is 10.1. The minimum atomic E-state index is -1.19. The second kappa shape index (κ2) is 9.05. The highest BCUT2D eigenvalue weighted by atomic mass is 32.2. The number of aromatic nitrogens is 1. The van der Waals surface area contributed by atoms with E-state index in [0.29, 0.717) is 17.7 Å². The molecule has 0 radical (unpaired) electrons. The smallest absolute Gasteiger partial charge is 0.253 e. The van der Waals surface area contributed by atoms with E-state index in [-0.39, 0.29) is 17.8 Å². The Morgan fingerprint density at radius 3 is 2.64 bits per heavy atom. The molecule has 0 spiro atoms. The molecule has 1 fully saturated rings. The van der Waals surface area contributed by atoms with Crippen molar-refractivity contribution in [3.8, 4) is 0 Å². The van der Waals surface area contributed by atoms with Crippen molar-refractivity contribution >= 4 is 28.9 Å². The molecule has 0 aliphatic carbocycles. The molecule has 8 nitrogen and oxygen atoms in total. The first-order valence-corrected chi connectivity index (χ1v) is 10.1. The van der Waals surface area contributed by atoms with Gasteiger partial charge in [0.25, 0.3) is 5.91 Å². The molecule has 2 heterocycles. The summed E-state index contributed by atoms with van der Waals surface area (Å²) in [5.74, 6) is -0.0845. The van der Waals surface area contributed by atoms with Crippen molar-refractivity contribution in [2.75, 3.05) is 18.8 Å². The molecule has 1 aliphatic rings. The van der Waals surface area contributed by atoms with E-state index in [9.17, 15) is 9.00 Å². The highest BCUT2D eigenvalue weighted by Gasteiger charge is 2.21. The zero-order chi connectivity index (χ0) is 20.1. The molecule has 1 saturated heterocycles. The predicted molar refractivity (Wildman–Crippen MR) is 109 cm³/mol. The van der Waals surface area contributed by atoms with Crippen LogP contribution in [-0.2, 0) is 17.5 Å². The molecule has 3 rings (SSSR count). The lowest BCUT2D eigenvalue weighted by Gasteiger charge is -2.28. The van der Waals surface area contributed by atoms with Crippen molar-refractivity contribution in [3.63, 3.8) is 0 Å². The van der Waals surface area contributed by atoms with Gasteiger partial charge in [0.1, 0.15) is 16.8 Å². The van der Waals surface area contributed by atoms with Crippen LogP contribution in [0.4, 0.5) is 5.82 Å². The molecular formula is C19H24N6O2S. The number of benzene rings is 1. The maximum atomic E-state index is 12.6. The van der Waals surface area contributed by atoms with Gasteiger partial charge in [0, 0.05) is 43.7 Å². The van der Waals surface area contributed by atoms with Gasteiger partial charge in [0.05, 0.1) is 10.5 Å². The average Bonchev–Trinajstić information content (AvgIpc) is 2.72. The number of anilines is 1. The van der Waals surface area contributed by atoms with E-state index in [4.69, 9.17) is 16.9 Å². The van der Waals surface area contributed by atoms with Crippen molar-refractivity contribution in [1.29, 1.82) is 5.41 Å². The lowest BCUT2D eigenvalue weighted by Crippen LogP contribution is -2.40. The summed E-state index contributed by atoms with van der Waals surface area (Å²) in [5.41, 5.74) is 13.2. The van der Waals surface area contributed by atoms with Crippen molar-refractivity contribution < 1.29 is 9.00 Å². The van der Waals surface area contributed by atoms with Crippen molar-refractivity contribution in [3.05, 3.63) is 53.2 Å². The molecule has 28 heavy (non-hydrogen) atoms. The van der Waals surface area contributed by atoms with Crippen LogP contribution in [0.2, 0.25) is 0 Å². The van der Waals surface area contributed by atoms with E-state index in [0.717, 1.165) is 42.6 Å². The fourth-order valence-electron chi connectivity index (χ4n) is 2.93. The van der Waals surface area contributed by atoms with E-state index >= 15 is 0 Å². The summed E-state index contributed by atoms with van der Waals surface area (Å²) in [6.45, 7) is 1.80. The van der Waals surface area contributed by atoms with Crippen molar-refractivity contribution in [1.82, 2.24) is 14.6 Å². The van der Waals surface area contributed by atoms with Gasteiger partial charge < -0.3 is 22.2 Å². The number of nitrogens with one attached hydrogen (secondary N) is 2. The van der Waals surface area contributed by atoms with Gasteiger partial charge in [-0.2, -0.15) is 0 Å². The number of nitrogens with zero attached hydrogens (tertiary/aromatic N) is 2. The van der Waals surface area contributed by atoms with Crippen molar-refractivity contribution in [2.24, 2.45) is 5.73 Å². The number of nitrogen functional groups attached to an aromatic ring is 1. The van der Waals surface area contributed by atoms with Crippen LogP contribution in [-0.4, -0.2) is 44.8 Å². The fraction of sp³-hybridized carbons (Fsp3) is 0.316. The summed E-state index contributed by atoms with van der Waals surface area (Å²) in [4.78, 5) is 16.9. The number of amides is 1. The maximum Gasteiger partial charge on any atom is 0.253 e. The predicted octanol–water partition coefficient (Wildman–Crippen LogP) is 1.04. The Morgan fingerprint density at radius 2 is 2.00 bits per heavy atom. The number of pyridine rings is 1. The fourth-order valence-corrected chi connectivity index (χ4v) is 4.14. The molecule has 6 N–H and O–H groups in total. The largest absolute Gasteiger partial charge is 0.383 e. The Hall–Kier alpha value is -2.62. The summed E-state index contributed by atoms with van der Waals surface area (Å²) in [6, 6.07) is 9.08. The van der Waals surface area contributed by atoms with Crippen LogP contribution in [0.1, 0.15) is 34.3 Å². The molecule has 9 heteroatoms. The Morgan fingerprint density at radius 1 is 1.32 bits per heavy atom. The van der Waals surface area contributed by atoms with Crippen LogP contribution in [0.15, 0.2) is 41.4 Å². The number of carbonyl (C=O) groups is 1. The molecule has 0 saturated carbocycles. The summed E-state index contributed by atoms with van der Waals surface area (Å²) in [7, 11) is -1.19. The quantitative estimate of drug-likeness (QED) is 0.537. The second-order valence-corrected chi connectivity index (χ2v) is 8.17. The van der Waals surface area contributed by atoms with Gasteiger partial charge in [-0.3, -0.25) is 4.79 Å². The SMILES string of the molecule is N=Cc1cc(C(=O)NCc2ccc(S(=O)N3CCC(N)CC3)cc2)cnc1N. The maximum absolute atomic E-state index is 12.6. The first-order chi connectivity index (χ1) is 13.5. The van der Waals surface area contributed by atoms with Crippen LogP contribution in [0, 0.1) is 5.41 Å². The van der Waals surface area contributed by atoms with Crippen LogP contribution in [0.25, 0.3) is 0 Å². The number of hydrogen-bond donors (Lipinski definition) is 4. The molecule has 148 valence electrons. The highest BCUT2D eigenvalue weighted by molar-refractivity contribution is 7.82. The second-order valence-electron chi connectivity index (χ2n) is 6.69. The summed E-state index contributed by atoms with van der Waals surface area (Å²) in [6.07, 6.45) is 4.16. The molecule has 1 aromatic heterocycles. The minimum absolute atomic E-state index is 0.200. The Labute approximate surface area is 166 Å². The lowest BCUT2D eigenvalue weighted by molar-refractivity contribution is 0.0950. The van der Waals surface area contributed by atoms with Gasteiger partial charge in [0.2, 0.25) is 0 Å². The third kappa shape index (κ3) is 4.80. The number of nitrogens with two attached hydrogens (primary N) is 2. The van der Waals surface area contributed by atoms with Crippen LogP contribution in [0.5, 0.6) is 0 Å². The molecular weight excluding hydrogens is 376 g/mol. The third-order valence-electron chi connectivity index (χ3n) is 4.68. The van der Waals surface area contributed by atoms with Gasteiger partial charge >= 0.3 is 0 Å². The number of hydrogen-bond acceptors (Lipinski definition) is 6. The van der Waals surface area contributed by atoms with Crippen LogP contribution >= 0.6 is 0 Å². The first-order valence-electron chi connectivity index (χ1n) is 9.03. The van der Waals surface area contributed by atoms with Gasteiger partial charge in [-0.05, 0) is 36.6 Å². The topological polar surface area (TPSA) is 138 Å². The number of carbonyl (C=O) groups excluding carboxylic acids is 1. The van der Waals surface area contributed by atoms with E-state index in [2.05, 4.69) is 10.3 Å². The standard InChI is InChI=1S/C19H24N6O2S/c20-10-14-9-15(12-23-18(14)22)19(26)24-11-13-1-3-17(4-2-13)28(27)25-7-5-16(21)6-8-25/h1-4,9-10,12,16,20H,5-8,11,21H2,(H2,22,23)(H,24,26). The van der Waals surface area contributed by atoms with E-state index in [1.54, 1.807) is 0 Å². The number of piperidine rings is 1. The van der Waals surface area contributed by atoms with Crippen LogP contribution in [0.3, 0.4) is 0 Å². The molecule has 1 amide bonds. The minimum Gasteiger partial charge on any atom is -0.383 e. The molecule has 1 aliphatic heterocycles. The molecule has 0 bridgehead atoms. The normalized spacial score (nSPS) is 16.5. The zero-order valence-electron chi connectivity index (χ0n) is 15.4. The number of rotatable bonds is 6. The highest BCUT2D eigenvalue weighted by Crippen LogP contribution is 2.17. The van der Waals surface area contributed by atoms with Gasteiger partial charge in [-0.25, -0.2) is 13.5 Å². The molecule has 1 unspecified atom stereocenters. The molecule has 2 aromatic rings. The van der Waals surface area contributed by atoms with Gasteiger partial charge in [0.15, 0.2) is 0 Å². The zero-order valence-corrected chi connectivity index (χ0v) is 16.2. The molecule has 1 atom stereocenters. The van der Waals surface area contributed by atoms with E-state index < -0.39 is 11.0 Å². The summed E-state index contributed by atoms with van der Waals surface area (Å²) < 4.78 is 14.6. The van der Waals surface area contributed by atoms with Crippen LogP contribution < -0.4 is 16.8 Å². The molecule has 1 aromatic carbocycles. The summed E-state index contributed by atoms with van der Waals surface area (Å²) >= 11 is 0. The van der Waals surface area contributed by atoms with Gasteiger partial charge in [-0.15, -0.1) is 0 Å². The third-order valence-corrected chi connectivity index (χ3v) is 6.19. The monoisotopic (exact) mass is 400 g/mol. The summed E-state index contributed by atoms with van der Waals surface area (Å²) in [5, 5.41) is 10.1. The average molecular weight is 401 g/mol. The Kier molecular flexibility index (Phi) is 6.50. The van der Waals surface area contributed by atoms with E-state index in [1.807, 2.05) is 28.6 Å². The first kappa shape index (κ1) is 20.1. The Balaban J connectivity index is 1.57. The van der Waals surface area contributed by atoms with Gasteiger partial charge in [-0.1, -0.05) is 12.1 Å². The Bertz CT molecular complexity index is 878. The van der Waals surface area contributed by atoms with Crippen molar-refractivity contribution in [2.45, 2.75) is 30.3 Å². The van der Waals surface area contributed by atoms with E-state index in [1.165, 1.54) is 12.3 Å².